The van der Waals surface area contributed by atoms with E-state index in [4.69, 9.17) is 0 Å². The van der Waals surface area contributed by atoms with E-state index < -0.39 is 11.7 Å². The van der Waals surface area contributed by atoms with Gasteiger partial charge in [-0.3, -0.25) is 9.78 Å². The van der Waals surface area contributed by atoms with Gasteiger partial charge >= 0.3 is 6.18 Å². The van der Waals surface area contributed by atoms with Gasteiger partial charge in [-0.2, -0.15) is 18.3 Å². The van der Waals surface area contributed by atoms with Crippen LogP contribution in [0, 0.1) is 29.6 Å². The zero-order valence-electron chi connectivity index (χ0n) is 19.1. The SMILES string of the molecule is CC1=NNC(=O)C2CC3CCCCC3C(/C=C/c3ccc(-c4cccc(C(F)(F)F)c4)cn3)C12. The highest BCUT2D eigenvalue weighted by atomic mass is 19.4. The van der Waals surface area contributed by atoms with E-state index in [0.29, 0.717) is 23.0 Å². The van der Waals surface area contributed by atoms with Gasteiger partial charge in [0.15, 0.2) is 0 Å². The highest BCUT2D eigenvalue weighted by Crippen LogP contribution is 2.50. The smallest absolute Gasteiger partial charge is 0.273 e. The Hall–Kier alpha value is -2.96. The molecular formula is C27H28F3N3O. The molecule has 1 amide bonds. The number of hydrazone groups is 1. The molecule has 5 atom stereocenters. The zero-order valence-corrected chi connectivity index (χ0v) is 19.1. The molecule has 2 heterocycles. The molecule has 0 radical (unpaired) electrons. The maximum Gasteiger partial charge on any atom is 0.416 e. The van der Waals surface area contributed by atoms with Gasteiger partial charge in [0, 0.05) is 29.3 Å². The van der Waals surface area contributed by atoms with E-state index in [1.54, 1.807) is 18.3 Å². The number of carbonyl (C=O) groups is 1. The Morgan fingerprint density at radius 3 is 2.68 bits per heavy atom. The standard InChI is InChI=1S/C27H28F3N3O/c1-16-25-23(22-8-3-2-5-18(22)14-24(25)26(34)33-32-16)12-11-21-10-9-19(15-31-21)17-6-4-7-20(13-17)27(28,29)30/h4,6-7,9-13,15,18,22-25H,2-3,5,8,14H2,1H3,(H,33,34)/b12-11+. The van der Waals surface area contributed by atoms with Crippen molar-refractivity contribution in [3.05, 3.63) is 59.9 Å². The van der Waals surface area contributed by atoms with E-state index in [-0.39, 0.29) is 23.7 Å². The molecule has 1 N–H and O–H groups in total. The number of carbonyl (C=O) groups excluding carboxylic acids is 1. The van der Waals surface area contributed by atoms with Crippen molar-refractivity contribution in [2.75, 3.05) is 0 Å². The molecule has 34 heavy (non-hydrogen) atoms. The maximum atomic E-state index is 13.1. The molecule has 0 bridgehead atoms. The summed E-state index contributed by atoms with van der Waals surface area (Å²) in [5.41, 5.74) is 4.88. The van der Waals surface area contributed by atoms with Crippen LogP contribution in [0.1, 0.15) is 50.3 Å². The van der Waals surface area contributed by atoms with Crippen molar-refractivity contribution in [3.8, 4) is 11.1 Å². The number of nitrogens with zero attached hydrogens (tertiary/aromatic N) is 2. The van der Waals surface area contributed by atoms with Gasteiger partial charge < -0.3 is 0 Å². The first-order chi connectivity index (χ1) is 16.3. The molecule has 1 aromatic carbocycles. The van der Waals surface area contributed by atoms with Crippen LogP contribution in [0.5, 0.6) is 0 Å². The van der Waals surface area contributed by atoms with Crippen molar-refractivity contribution >= 4 is 17.7 Å². The fourth-order valence-corrected chi connectivity index (χ4v) is 6.21. The lowest BCUT2D eigenvalue weighted by Crippen LogP contribution is -2.51. The molecule has 2 aliphatic carbocycles. The second kappa shape index (κ2) is 9.01. The van der Waals surface area contributed by atoms with Gasteiger partial charge in [-0.25, -0.2) is 5.43 Å². The van der Waals surface area contributed by atoms with Crippen molar-refractivity contribution in [3.63, 3.8) is 0 Å². The van der Waals surface area contributed by atoms with E-state index in [1.165, 1.54) is 31.7 Å². The minimum atomic E-state index is -4.38. The van der Waals surface area contributed by atoms with Crippen LogP contribution < -0.4 is 5.43 Å². The van der Waals surface area contributed by atoms with E-state index in [9.17, 15) is 18.0 Å². The predicted molar refractivity (Wildman–Crippen MR) is 125 cm³/mol. The molecule has 178 valence electrons. The lowest BCUT2D eigenvalue weighted by Gasteiger charge is -2.49. The monoisotopic (exact) mass is 467 g/mol. The number of hydrogen-bond acceptors (Lipinski definition) is 3. The normalized spacial score (nSPS) is 29.2. The number of nitrogens with one attached hydrogen (secondary N) is 1. The van der Waals surface area contributed by atoms with Crippen LogP contribution in [0.4, 0.5) is 13.2 Å². The molecule has 2 fully saturated rings. The number of pyridine rings is 1. The van der Waals surface area contributed by atoms with Gasteiger partial charge in [0.25, 0.3) is 0 Å². The van der Waals surface area contributed by atoms with Gasteiger partial charge in [0.05, 0.1) is 11.3 Å². The van der Waals surface area contributed by atoms with Gasteiger partial charge in [0.2, 0.25) is 5.91 Å². The summed E-state index contributed by atoms with van der Waals surface area (Å²) in [6.07, 6.45) is 7.14. The Balaban J connectivity index is 1.40. The summed E-state index contributed by atoms with van der Waals surface area (Å²) in [4.78, 5) is 17.1. The molecular weight excluding hydrogens is 439 g/mol. The summed E-state index contributed by atoms with van der Waals surface area (Å²) in [5, 5.41) is 4.30. The third-order valence-electron chi connectivity index (χ3n) is 7.83. The number of benzene rings is 1. The quantitative estimate of drug-likeness (QED) is 0.572. The van der Waals surface area contributed by atoms with Gasteiger partial charge in [-0.15, -0.1) is 0 Å². The van der Waals surface area contributed by atoms with Crippen LogP contribution >= 0.6 is 0 Å². The first-order valence-electron chi connectivity index (χ1n) is 12.0. The van der Waals surface area contributed by atoms with Crippen LogP contribution in [0.15, 0.2) is 53.8 Å². The molecule has 0 saturated heterocycles. The average molecular weight is 468 g/mol. The third kappa shape index (κ3) is 4.40. The molecule has 2 aromatic rings. The summed E-state index contributed by atoms with van der Waals surface area (Å²) in [6.45, 7) is 2.00. The lowest BCUT2D eigenvalue weighted by molar-refractivity contribution is -0.137. The molecule has 5 unspecified atom stereocenters. The molecule has 4 nitrogen and oxygen atoms in total. The van der Waals surface area contributed by atoms with E-state index in [1.807, 2.05) is 19.1 Å². The number of amides is 1. The van der Waals surface area contributed by atoms with Gasteiger partial charge in [-0.1, -0.05) is 43.5 Å². The number of fused-ring (bicyclic) bond motifs is 2. The molecule has 1 aromatic heterocycles. The summed E-state index contributed by atoms with van der Waals surface area (Å²) in [7, 11) is 0. The summed E-state index contributed by atoms with van der Waals surface area (Å²) in [6, 6.07) is 8.92. The number of hydrogen-bond donors (Lipinski definition) is 1. The molecule has 7 heteroatoms. The van der Waals surface area contributed by atoms with Crippen LogP contribution in [0.2, 0.25) is 0 Å². The Labute approximate surface area is 197 Å². The predicted octanol–water partition coefficient (Wildman–Crippen LogP) is 6.35. The van der Waals surface area contributed by atoms with E-state index in [2.05, 4.69) is 21.6 Å². The van der Waals surface area contributed by atoms with E-state index >= 15 is 0 Å². The highest BCUT2D eigenvalue weighted by molar-refractivity contribution is 5.95. The van der Waals surface area contributed by atoms with E-state index in [0.717, 1.165) is 30.0 Å². The lowest BCUT2D eigenvalue weighted by atomic mass is 9.56. The molecule has 5 rings (SSSR count). The molecule has 2 saturated carbocycles. The first-order valence-corrected chi connectivity index (χ1v) is 12.0. The first kappa shape index (κ1) is 22.8. The Morgan fingerprint density at radius 2 is 1.91 bits per heavy atom. The van der Waals surface area contributed by atoms with Crippen molar-refractivity contribution in [2.24, 2.45) is 34.7 Å². The van der Waals surface area contributed by atoms with Crippen LogP contribution in [-0.2, 0) is 11.0 Å². The third-order valence-corrected chi connectivity index (χ3v) is 7.83. The highest BCUT2D eigenvalue weighted by Gasteiger charge is 2.49. The largest absolute Gasteiger partial charge is 0.416 e. The fraction of sp³-hybridized carbons (Fsp3) is 0.444. The van der Waals surface area contributed by atoms with Crippen molar-refractivity contribution in [1.82, 2.24) is 10.4 Å². The van der Waals surface area contributed by atoms with Crippen LogP contribution in [0.25, 0.3) is 17.2 Å². The van der Waals surface area contributed by atoms with Crippen molar-refractivity contribution in [2.45, 2.75) is 45.2 Å². The fourth-order valence-electron chi connectivity index (χ4n) is 6.21. The van der Waals surface area contributed by atoms with Crippen molar-refractivity contribution in [1.29, 1.82) is 0 Å². The topological polar surface area (TPSA) is 54.4 Å². The maximum absolute atomic E-state index is 13.1. The number of halogens is 3. The second-order valence-electron chi connectivity index (χ2n) is 9.79. The number of alkyl halides is 3. The zero-order chi connectivity index (χ0) is 23.9. The summed E-state index contributed by atoms with van der Waals surface area (Å²) >= 11 is 0. The Kier molecular flexibility index (Phi) is 6.04. The van der Waals surface area contributed by atoms with Gasteiger partial charge in [-0.05, 0) is 67.4 Å². The average Bonchev–Trinajstić information content (AvgIpc) is 2.84. The number of rotatable bonds is 3. The van der Waals surface area contributed by atoms with Crippen molar-refractivity contribution < 1.29 is 18.0 Å². The number of aromatic nitrogens is 1. The minimum Gasteiger partial charge on any atom is -0.273 e. The minimum absolute atomic E-state index is 0.0292. The van der Waals surface area contributed by atoms with Crippen LogP contribution in [-0.4, -0.2) is 16.6 Å². The van der Waals surface area contributed by atoms with Crippen LogP contribution in [0.3, 0.4) is 0 Å². The second-order valence-corrected chi connectivity index (χ2v) is 9.79. The Bertz CT molecular complexity index is 1120. The summed E-state index contributed by atoms with van der Waals surface area (Å²) < 4.78 is 39.2. The summed E-state index contributed by atoms with van der Waals surface area (Å²) in [5.74, 6) is 1.41. The molecule has 0 spiro atoms. The Morgan fingerprint density at radius 1 is 1.09 bits per heavy atom. The molecule has 3 aliphatic rings. The number of allylic oxidation sites excluding steroid dienone is 1. The molecule has 1 aliphatic heterocycles. The van der Waals surface area contributed by atoms with Gasteiger partial charge in [0.1, 0.15) is 0 Å².